The number of esters is 1. The molecule has 23 heavy (non-hydrogen) atoms. The summed E-state index contributed by atoms with van der Waals surface area (Å²) in [6.45, 7) is 3.62. The lowest BCUT2D eigenvalue weighted by Gasteiger charge is -2.10. The first kappa shape index (κ1) is 16.7. The smallest absolute Gasteiger partial charge is 0.308 e. The predicted octanol–water partition coefficient (Wildman–Crippen LogP) is 2.99. The Balaban J connectivity index is 2.01. The number of hydrogen-bond acceptors (Lipinski definition) is 4. The van der Waals surface area contributed by atoms with Crippen LogP contribution in [0.3, 0.4) is 0 Å². The molecule has 0 saturated carbocycles. The average Bonchev–Trinajstić information content (AvgIpc) is 2.56. The summed E-state index contributed by atoms with van der Waals surface area (Å²) in [5.41, 5.74) is 2.95. The zero-order valence-electron chi connectivity index (χ0n) is 13.5. The molecule has 0 saturated heterocycles. The molecule has 120 valence electrons. The number of aromatic nitrogens is 1. The van der Waals surface area contributed by atoms with E-state index in [2.05, 4.69) is 10.3 Å². The van der Waals surface area contributed by atoms with Crippen LogP contribution in [-0.4, -0.2) is 24.0 Å². The zero-order valence-corrected chi connectivity index (χ0v) is 13.5. The van der Waals surface area contributed by atoms with Crippen LogP contribution in [0.4, 0.5) is 5.69 Å². The molecule has 2 rings (SSSR count). The van der Waals surface area contributed by atoms with E-state index in [1.165, 1.54) is 7.11 Å². The fourth-order valence-electron chi connectivity index (χ4n) is 2.28. The third kappa shape index (κ3) is 4.39. The lowest BCUT2D eigenvalue weighted by atomic mass is 10.0. The van der Waals surface area contributed by atoms with Crippen molar-refractivity contribution in [1.29, 1.82) is 0 Å². The van der Waals surface area contributed by atoms with Crippen molar-refractivity contribution in [2.75, 3.05) is 12.4 Å². The Bertz CT molecular complexity index is 696. The number of nitrogens with one attached hydrogen (secondary N) is 1. The van der Waals surface area contributed by atoms with E-state index in [4.69, 9.17) is 4.74 Å². The number of hydrogen-bond donors (Lipinski definition) is 1. The van der Waals surface area contributed by atoms with Gasteiger partial charge in [0.05, 0.1) is 18.6 Å². The first-order valence-corrected chi connectivity index (χ1v) is 7.41. The molecule has 1 amide bonds. The molecule has 0 spiro atoms. The molecule has 5 heteroatoms. The van der Waals surface area contributed by atoms with E-state index in [1.54, 1.807) is 25.3 Å². The van der Waals surface area contributed by atoms with Crippen molar-refractivity contribution in [3.8, 4) is 0 Å². The Morgan fingerprint density at radius 3 is 2.52 bits per heavy atom. The molecule has 0 aliphatic carbocycles. The van der Waals surface area contributed by atoms with Crippen molar-refractivity contribution in [2.24, 2.45) is 5.92 Å². The van der Waals surface area contributed by atoms with Crippen molar-refractivity contribution >= 4 is 17.6 Å². The van der Waals surface area contributed by atoms with Gasteiger partial charge in [-0.3, -0.25) is 14.6 Å². The summed E-state index contributed by atoms with van der Waals surface area (Å²) in [5.74, 6) is -0.612. The highest BCUT2D eigenvalue weighted by molar-refractivity contribution is 6.04. The minimum absolute atomic E-state index is 0.189. The van der Waals surface area contributed by atoms with Gasteiger partial charge < -0.3 is 10.1 Å². The van der Waals surface area contributed by atoms with E-state index in [9.17, 15) is 9.59 Å². The number of rotatable bonds is 5. The molecule has 0 bridgehead atoms. The number of carbonyl (C=O) groups is 2. The molecule has 1 atom stereocenters. The van der Waals surface area contributed by atoms with Gasteiger partial charge in [-0.15, -0.1) is 0 Å². The summed E-state index contributed by atoms with van der Waals surface area (Å²) in [6.07, 6.45) is 2.26. The van der Waals surface area contributed by atoms with E-state index >= 15 is 0 Å². The van der Waals surface area contributed by atoms with Gasteiger partial charge in [0.2, 0.25) is 0 Å². The third-order valence-electron chi connectivity index (χ3n) is 3.61. The van der Waals surface area contributed by atoms with Gasteiger partial charge >= 0.3 is 5.97 Å². The van der Waals surface area contributed by atoms with Gasteiger partial charge in [0.1, 0.15) is 0 Å². The second-order valence-corrected chi connectivity index (χ2v) is 5.42. The molecule has 0 aliphatic rings. The summed E-state index contributed by atoms with van der Waals surface area (Å²) in [4.78, 5) is 27.8. The summed E-state index contributed by atoms with van der Waals surface area (Å²) in [7, 11) is 1.39. The highest BCUT2D eigenvalue weighted by atomic mass is 16.5. The fourth-order valence-corrected chi connectivity index (χ4v) is 2.28. The van der Waals surface area contributed by atoms with Crippen LogP contribution in [0.2, 0.25) is 0 Å². The summed E-state index contributed by atoms with van der Waals surface area (Å²) < 4.78 is 4.72. The van der Waals surface area contributed by atoms with Crippen LogP contribution in [0.1, 0.15) is 28.5 Å². The molecule has 1 aromatic carbocycles. The van der Waals surface area contributed by atoms with Crippen molar-refractivity contribution in [2.45, 2.75) is 20.3 Å². The molecule has 1 N–H and O–H groups in total. The minimum atomic E-state index is -0.227. The van der Waals surface area contributed by atoms with Gasteiger partial charge in [-0.1, -0.05) is 19.1 Å². The molecule has 5 nitrogen and oxygen atoms in total. The zero-order chi connectivity index (χ0) is 16.8. The maximum absolute atomic E-state index is 12.2. The fraction of sp³-hybridized carbons (Fsp3) is 0.278. The topological polar surface area (TPSA) is 68.3 Å². The van der Waals surface area contributed by atoms with Crippen LogP contribution >= 0.6 is 0 Å². The van der Waals surface area contributed by atoms with Crippen LogP contribution in [0.5, 0.6) is 0 Å². The number of pyridine rings is 1. The molecule has 1 heterocycles. The molecule has 0 aliphatic heterocycles. The van der Waals surface area contributed by atoms with Gasteiger partial charge in [0, 0.05) is 17.6 Å². The van der Waals surface area contributed by atoms with Crippen molar-refractivity contribution in [3.05, 3.63) is 59.4 Å². The SMILES string of the molecule is COC(=O)[C@H](C)Cc1ccc(NC(=O)c2cccnc2C)cc1. The Morgan fingerprint density at radius 2 is 1.91 bits per heavy atom. The molecule has 0 unspecified atom stereocenters. The van der Waals surface area contributed by atoms with Gasteiger partial charge in [0.25, 0.3) is 5.91 Å². The first-order valence-electron chi connectivity index (χ1n) is 7.41. The molecule has 0 fully saturated rings. The summed E-state index contributed by atoms with van der Waals surface area (Å²) in [5, 5.41) is 2.84. The predicted molar refractivity (Wildman–Crippen MR) is 88.3 cm³/mol. The average molecular weight is 312 g/mol. The molecular weight excluding hydrogens is 292 g/mol. The third-order valence-corrected chi connectivity index (χ3v) is 3.61. The number of amides is 1. The van der Waals surface area contributed by atoms with Crippen molar-refractivity contribution < 1.29 is 14.3 Å². The van der Waals surface area contributed by atoms with Crippen LogP contribution in [0.25, 0.3) is 0 Å². The number of nitrogens with zero attached hydrogens (tertiary/aromatic N) is 1. The van der Waals surface area contributed by atoms with Crippen LogP contribution in [-0.2, 0) is 16.0 Å². The number of anilines is 1. The lowest BCUT2D eigenvalue weighted by molar-refractivity contribution is -0.144. The van der Waals surface area contributed by atoms with Crippen LogP contribution in [0, 0.1) is 12.8 Å². The van der Waals surface area contributed by atoms with E-state index in [-0.39, 0.29) is 17.8 Å². The second kappa shape index (κ2) is 7.54. The van der Waals surface area contributed by atoms with Crippen molar-refractivity contribution in [3.63, 3.8) is 0 Å². The maximum atomic E-state index is 12.2. The molecule has 1 aromatic heterocycles. The number of methoxy groups -OCH3 is 1. The van der Waals surface area contributed by atoms with Crippen LogP contribution in [0.15, 0.2) is 42.6 Å². The van der Waals surface area contributed by atoms with Gasteiger partial charge in [-0.2, -0.15) is 0 Å². The van der Waals surface area contributed by atoms with E-state index < -0.39 is 0 Å². The number of ether oxygens (including phenoxy) is 1. The monoisotopic (exact) mass is 312 g/mol. The quantitative estimate of drug-likeness (QED) is 0.862. The maximum Gasteiger partial charge on any atom is 0.308 e. The molecule has 2 aromatic rings. The number of benzene rings is 1. The van der Waals surface area contributed by atoms with E-state index in [0.29, 0.717) is 23.4 Å². The largest absolute Gasteiger partial charge is 0.469 e. The minimum Gasteiger partial charge on any atom is -0.469 e. The van der Waals surface area contributed by atoms with Gasteiger partial charge in [0.15, 0.2) is 0 Å². The highest BCUT2D eigenvalue weighted by Crippen LogP contribution is 2.15. The Hall–Kier alpha value is -2.69. The standard InChI is InChI=1S/C18H20N2O3/c1-12(18(22)23-3)11-14-6-8-15(9-7-14)20-17(21)16-5-4-10-19-13(16)2/h4-10,12H,11H2,1-3H3,(H,20,21)/t12-/m1/s1. The van der Waals surface area contributed by atoms with Gasteiger partial charge in [-0.25, -0.2) is 0 Å². The van der Waals surface area contributed by atoms with E-state index in [1.807, 2.05) is 31.2 Å². The normalized spacial score (nSPS) is 11.6. The van der Waals surface area contributed by atoms with E-state index in [0.717, 1.165) is 5.56 Å². The lowest BCUT2D eigenvalue weighted by Crippen LogP contribution is -2.15. The van der Waals surface area contributed by atoms with Gasteiger partial charge in [-0.05, 0) is 43.2 Å². The Labute approximate surface area is 135 Å². The first-order chi connectivity index (χ1) is 11.0. The molecule has 0 radical (unpaired) electrons. The number of aryl methyl sites for hydroxylation is 1. The van der Waals surface area contributed by atoms with Crippen LogP contribution < -0.4 is 5.32 Å². The summed E-state index contributed by atoms with van der Waals surface area (Å²) >= 11 is 0. The molecular formula is C18H20N2O3. The highest BCUT2D eigenvalue weighted by Gasteiger charge is 2.14. The number of carbonyl (C=O) groups excluding carboxylic acids is 2. The summed E-state index contributed by atoms with van der Waals surface area (Å²) in [6, 6.07) is 10.9. The Morgan fingerprint density at radius 1 is 1.22 bits per heavy atom. The van der Waals surface area contributed by atoms with Crippen molar-refractivity contribution in [1.82, 2.24) is 4.98 Å². The Kier molecular flexibility index (Phi) is 5.46. The second-order valence-electron chi connectivity index (χ2n) is 5.42.